The van der Waals surface area contributed by atoms with Gasteiger partial charge in [0, 0.05) is 5.38 Å². The summed E-state index contributed by atoms with van der Waals surface area (Å²) in [5.41, 5.74) is 1.92. The molecule has 0 aliphatic carbocycles. The number of ether oxygens (including phenoxy) is 2. The second-order valence-electron chi connectivity index (χ2n) is 2.70. The Balaban J connectivity index is 3.24. The third kappa shape index (κ3) is 2.80. The van der Waals surface area contributed by atoms with Gasteiger partial charge in [-0.1, -0.05) is 0 Å². The van der Waals surface area contributed by atoms with E-state index in [-0.39, 0.29) is 16.1 Å². The van der Waals surface area contributed by atoms with Crippen LogP contribution in [0.2, 0.25) is 0 Å². The van der Waals surface area contributed by atoms with Gasteiger partial charge in [0.1, 0.15) is 16.8 Å². The quantitative estimate of drug-likeness (QED) is 0.361. The molecule has 17 heavy (non-hydrogen) atoms. The van der Waals surface area contributed by atoms with Crippen LogP contribution in [-0.2, 0) is 9.47 Å². The molecule has 92 valence electrons. The number of esters is 2. The van der Waals surface area contributed by atoms with Gasteiger partial charge >= 0.3 is 11.9 Å². The maximum atomic E-state index is 11.5. The molecule has 0 saturated carbocycles. The smallest absolute Gasteiger partial charge is 0.349 e. The van der Waals surface area contributed by atoms with Crippen molar-refractivity contribution in [1.82, 2.24) is 5.48 Å². The molecule has 1 heterocycles. The van der Waals surface area contributed by atoms with Gasteiger partial charge in [0.25, 0.3) is 0 Å². The number of methoxy groups -OCH3 is 2. The number of carbonyl (C=O) groups is 2. The average Bonchev–Trinajstić information content (AvgIpc) is 2.78. The van der Waals surface area contributed by atoms with Gasteiger partial charge in [-0.3, -0.25) is 10.7 Å². The van der Waals surface area contributed by atoms with Gasteiger partial charge in [-0.15, -0.1) is 11.3 Å². The summed E-state index contributed by atoms with van der Waals surface area (Å²) in [4.78, 5) is 26.8. The van der Waals surface area contributed by atoms with Crippen molar-refractivity contribution in [2.45, 2.75) is 0 Å². The van der Waals surface area contributed by atoms with E-state index in [2.05, 4.69) is 14.5 Å². The second-order valence-corrected chi connectivity index (χ2v) is 3.58. The lowest BCUT2D eigenvalue weighted by molar-refractivity contribution is 0.0561. The van der Waals surface area contributed by atoms with Gasteiger partial charge in [-0.05, 0) is 0 Å². The van der Waals surface area contributed by atoms with E-state index in [9.17, 15) is 9.59 Å². The summed E-state index contributed by atoms with van der Waals surface area (Å²) in [6.45, 7) is 0. The van der Waals surface area contributed by atoms with Crippen molar-refractivity contribution in [1.29, 1.82) is 0 Å². The lowest BCUT2D eigenvalue weighted by atomic mass is 10.2. The summed E-state index contributed by atoms with van der Waals surface area (Å²) in [6, 6.07) is 0. The first-order valence-corrected chi connectivity index (χ1v) is 5.24. The molecule has 1 aromatic rings. The molecule has 0 bridgehead atoms. The van der Waals surface area contributed by atoms with Gasteiger partial charge in [-0.25, -0.2) is 14.6 Å². The summed E-state index contributed by atoms with van der Waals surface area (Å²) in [6.07, 6.45) is 0.968. The fourth-order valence-electron chi connectivity index (χ4n) is 1.08. The van der Waals surface area contributed by atoms with Gasteiger partial charge in [0.15, 0.2) is 0 Å². The van der Waals surface area contributed by atoms with Crippen molar-refractivity contribution >= 4 is 35.3 Å². The minimum atomic E-state index is -0.697. The number of hydrogen-bond donors (Lipinski definition) is 2. The lowest BCUT2D eigenvalue weighted by Gasteiger charge is -2.01. The molecule has 0 aromatic carbocycles. The molecule has 0 fully saturated rings. The molecular weight excluding hydrogens is 248 g/mol. The highest BCUT2D eigenvalue weighted by Crippen LogP contribution is 2.30. The van der Waals surface area contributed by atoms with Crippen LogP contribution in [0.1, 0.15) is 20.0 Å². The molecule has 0 amide bonds. The van der Waals surface area contributed by atoms with Crippen molar-refractivity contribution in [3.63, 3.8) is 0 Å². The maximum absolute atomic E-state index is 11.5. The molecule has 0 spiro atoms. The van der Waals surface area contributed by atoms with Crippen LogP contribution in [0.4, 0.5) is 5.69 Å². The van der Waals surface area contributed by atoms with Gasteiger partial charge in [-0.2, -0.15) is 0 Å². The van der Waals surface area contributed by atoms with E-state index < -0.39 is 11.9 Å². The molecule has 0 radical (unpaired) electrons. The molecule has 7 nitrogen and oxygen atoms in total. The monoisotopic (exact) mass is 258 g/mol. The van der Waals surface area contributed by atoms with Crippen molar-refractivity contribution in [3.05, 3.63) is 15.8 Å². The van der Waals surface area contributed by atoms with Gasteiger partial charge in [0.05, 0.1) is 19.9 Å². The number of carbonyl (C=O) groups excluding carboxylic acids is 2. The molecule has 1 aromatic heterocycles. The molecule has 8 heteroatoms. The molecule has 2 N–H and O–H groups in total. The fraction of sp³-hybridized carbons (Fsp3) is 0.222. The van der Waals surface area contributed by atoms with Gasteiger partial charge < -0.3 is 9.47 Å². The van der Waals surface area contributed by atoms with Crippen LogP contribution in [-0.4, -0.2) is 37.7 Å². The van der Waals surface area contributed by atoms with Crippen molar-refractivity contribution in [2.24, 2.45) is 4.99 Å². The van der Waals surface area contributed by atoms with E-state index in [0.717, 1.165) is 17.7 Å². The molecule has 0 aliphatic rings. The average molecular weight is 258 g/mol. The summed E-state index contributed by atoms with van der Waals surface area (Å²) in [5.74, 6) is -1.34. The first-order chi connectivity index (χ1) is 8.15. The molecule has 0 saturated heterocycles. The zero-order chi connectivity index (χ0) is 12.8. The maximum Gasteiger partial charge on any atom is 0.349 e. The molecule has 0 atom stereocenters. The van der Waals surface area contributed by atoms with Crippen molar-refractivity contribution < 1.29 is 24.3 Å². The highest BCUT2D eigenvalue weighted by atomic mass is 32.1. The zero-order valence-corrected chi connectivity index (χ0v) is 9.91. The number of hydroxylamine groups is 1. The highest BCUT2D eigenvalue weighted by Gasteiger charge is 2.24. The topological polar surface area (TPSA) is 97.2 Å². The standard InChI is InChI=1S/C9H10N2O5S/c1-15-8(12)6-5(10-4-11-14)3-17-7(6)9(13)16-2/h3-4,14H,1-2H3,(H,10,11). The molecule has 0 aliphatic heterocycles. The summed E-state index contributed by atoms with van der Waals surface area (Å²) >= 11 is 1.00. The number of rotatable bonds is 4. The van der Waals surface area contributed by atoms with Crippen molar-refractivity contribution in [3.8, 4) is 0 Å². The number of nitrogens with one attached hydrogen (secondary N) is 1. The summed E-state index contributed by atoms with van der Waals surface area (Å²) in [7, 11) is 2.40. The zero-order valence-electron chi connectivity index (χ0n) is 9.09. The molecular formula is C9H10N2O5S. The number of nitrogens with zero attached hydrogens (tertiary/aromatic N) is 1. The van der Waals surface area contributed by atoms with Crippen LogP contribution in [0.5, 0.6) is 0 Å². The largest absolute Gasteiger partial charge is 0.465 e. The van der Waals surface area contributed by atoms with Crippen LogP contribution in [0.25, 0.3) is 0 Å². The van der Waals surface area contributed by atoms with Crippen LogP contribution >= 0.6 is 11.3 Å². The minimum Gasteiger partial charge on any atom is -0.465 e. The predicted molar refractivity (Wildman–Crippen MR) is 60.1 cm³/mol. The highest BCUT2D eigenvalue weighted by molar-refractivity contribution is 7.13. The Morgan fingerprint density at radius 2 is 2.06 bits per heavy atom. The number of thiophene rings is 1. The second kappa shape index (κ2) is 5.97. The third-order valence-corrected chi connectivity index (χ3v) is 2.74. The van der Waals surface area contributed by atoms with Crippen LogP contribution in [0.3, 0.4) is 0 Å². The number of hydrogen-bond acceptors (Lipinski definition) is 7. The summed E-state index contributed by atoms with van der Waals surface area (Å²) in [5, 5.41) is 9.85. The van der Waals surface area contributed by atoms with E-state index >= 15 is 0 Å². The first-order valence-electron chi connectivity index (χ1n) is 4.36. The van der Waals surface area contributed by atoms with Crippen molar-refractivity contribution in [2.75, 3.05) is 14.2 Å². The minimum absolute atomic E-state index is 0.0100. The van der Waals surface area contributed by atoms with E-state index in [0.29, 0.717) is 0 Å². The Bertz CT molecular complexity index is 454. The normalized spacial score (nSPS) is 10.3. The Morgan fingerprint density at radius 1 is 1.41 bits per heavy atom. The molecule has 0 unspecified atom stereocenters. The fourth-order valence-corrected chi connectivity index (χ4v) is 1.98. The summed E-state index contributed by atoms with van der Waals surface area (Å²) < 4.78 is 9.09. The van der Waals surface area contributed by atoms with E-state index in [1.807, 2.05) is 0 Å². The van der Waals surface area contributed by atoms with Crippen LogP contribution in [0.15, 0.2) is 10.4 Å². The van der Waals surface area contributed by atoms with Crippen LogP contribution < -0.4 is 5.48 Å². The SMILES string of the molecule is COC(=O)c1scc(N=CNO)c1C(=O)OC. The Morgan fingerprint density at radius 3 is 2.59 bits per heavy atom. The van der Waals surface area contributed by atoms with Crippen LogP contribution in [0, 0.1) is 0 Å². The first kappa shape index (κ1) is 13.1. The van der Waals surface area contributed by atoms with E-state index in [1.54, 1.807) is 5.48 Å². The molecule has 1 rings (SSSR count). The van der Waals surface area contributed by atoms with Gasteiger partial charge in [0.2, 0.25) is 0 Å². The lowest BCUT2D eigenvalue weighted by Crippen LogP contribution is -2.09. The van der Waals surface area contributed by atoms with E-state index in [1.165, 1.54) is 19.6 Å². The van der Waals surface area contributed by atoms with E-state index in [4.69, 9.17) is 5.21 Å². The Kier molecular flexibility index (Phi) is 4.61. The third-order valence-electron chi connectivity index (χ3n) is 1.79. The predicted octanol–water partition coefficient (Wildman–Crippen LogP) is 0.960. The Hall–Kier alpha value is -1.93. The number of aliphatic imine (C=N–C) groups is 1. The Labute approximate surface area is 101 Å².